The molecule has 0 spiro atoms. The van der Waals surface area contributed by atoms with Crippen molar-refractivity contribution >= 4 is 46.4 Å². The van der Waals surface area contributed by atoms with E-state index in [-0.39, 0.29) is 12.2 Å². The molecule has 2 rings (SSSR count). The molecule has 26 heavy (non-hydrogen) atoms. The van der Waals surface area contributed by atoms with E-state index in [0.29, 0.717) is 17.2 Å². The molecule has 0 fully saturated rings. The highest BCUT2D eigenvalue weighted by atomic mass is 127. The molecule has 2 aromatic rings. The first-order chi connectivity index (χ1) is 12.4. The van der Waals surface area contributed by atoms with Crippen molar-refractivity contribution in [3.8, 4) is 11.5 Å². The summed E-state index contributed by atoms with van der Waals surface area (Å²) in [5.41, 5.74) is 9.49. The molecule has 0 radical (unpaired) electrons. The van der Waals surface area contributed by atoms with Crippen LogP contribution in [-0.2, 0) is 4.79 Å². The maximum absolute atomic E-state index is 10.9. The van der Waals surface area contributed by atoms with Gasteiger partial charge in [0, 0.05) is 0 Å². The van der Waals surface area contributed by atoms with Crippen molar-refractivity contribution in [2.75, 3.05) is 19.1 Å². The Bertz CT molecular complexity index is 837. The number of nitrogens with two attached hydrogens (primary N) is 1. The van der Waals surface area contributed by atoms with Crippen LogP contribution in [0.15, 0.2) is 41.5 Å². The average Bonchev–Trinajstić information content (AvgIpc) is 2.60. The first kappa shape index (κ1) is 19.5. The SMILES string of the molecule is COc1cc(/C=N\Nc2ccc(C(=O)O)cc2)cc(I)c1OCC(N)=O. The van der Waals surface area contributed by atoms with Crippen LogP contribution in [0.1, 0.15) is 15.9 Å². The van der Waals surface area contributed by atoms with Gasteiger partial charge in [0.25, 0.3) is 5.91 Å². The van der Waals surface area contributed by atoms with Crippen LogP contribution >= 0.6 is 22.6 Å². The van der Waals surface area contributed by atoms with E-state index in [1.165, 1.54) is 19.2 Å². The number of carboxylic acids is 1. The van der Waals surface area contributed by atoms with Gasteiger partial charge in [-0.25, -0.2) is 4.79 Å². The molecular formula is C17H16IN3O5. The Balaban J connectivity index is 2.10. The average molecular weight is 469 g/mol. The Morgan fingerprint density at radius 3 is 2.58 bits per heavy atom. The van der Waals surface area contributed by atoms with Crippen molar-refractivity contribution < 1.29 is 24.2 Å². The number of carboxylic acid groups (broad SMARTS) is 1. The molecule has 0 saturated carbocycles. The number of hydrogen-bond acceptors (Lipinski definition) is 6. The lowest BCUT2D eigenvalue weighted by Crippen LogP contribution is -2.20. The van der Waals surface area contributed by atoms with Crippen LogP contribution < -0.4 is 20.6 Å². The number of carbonyl (C=O) groups excluding carboxylic acids is 1. The molecule has 4 N–H and O–H groups in total. The number of anilines is 1. The number of halogens is 1. The molecule has 0 unspecified atom stereocenters. The summed E-state index contributed by atoms with van der Waals surface area (Å²) >= 11 is 2.06. The molecule has 8 nitrogen and oxygen atoms in total. The lowest BCUT2D eigenvalue weighted by molar-refractivity contribution is -0.119. The van der Waals surface area contributed by atoms with Crippen molar-refractivity contribution in [3.63, 3.8) is 0 Å². The van der Waals surface area contributed by atoms with Gasteiger partial charge >= 0.3 is 5.97 Å². The molecule has 136 valence electrons. The fourth-order valence-corrected chi connectivity index (χ4v) is 2.75. The van der Waals surface area contributed by atoms with Gasteiger partial charge in [0.1, 0.15) is 0 Å². The summed E-state index contributed by atoms with van der Waals surface area (Å²) in [6, 6.07) is 9.71. The second-order valence-electron chi connectivity index (χ2n) is 5.04. The summed E-state index contributed by atoms with van der Waals surface area (Å²) in [6.45, 7) is -0.242. The second-order valence-corrected chi connectivity index (χ2v) is 6.20. The van der Waals surface area contributed by atoms with Gasteiger partial charge in [0.15, 0.2) is 18.1 Å². The van der Waals surface area contributed by atoms with Gasteiger partial charge in [0.2, 0.25) is 0 Å². The van der Waals surface area contributed by atoms with Gasteiger partial charge in [-0.3, -0.25) is 10.2 Å². The van der Waals surface area contributed by atoms with Crippen LogP contribution in [0, 0.1) is 3.57 Å². The normalized spacial score (nSPS) is 10.5. The maximum Gasteiger partial charge on any atom is 0.335 e. The lowest BCUT2D eigenvalue weighted by Gasteiger charge is -2.12. The van der Waals surface area contributed by atoms with Crippen LogP contribution in [0.5, 0.6) is 11.5 Å². The number of ether oxygens (including phenoxy) is 2. The standard InChI is InChI=1S/C17H16IN3O5/c1-25-14-7-10(6-13(18)16(14)26-9-15(19)22)8-20-21-12-4-2-11(3-5-12)17(23)24/h2-8,21H,9H2,1H3,(H2,19,22)(H,23,24)/b20-8-. The zero-order valence-electron chi connectivity index (χ0n) is 13.7. The van der Waals surface area contributed by atoms with Gasteiger partial charge in [-0.1, -0.05) is 0 Å². The van der Waals surface area contributed by atoms with Gasteiger partial charge in [-0.2, -0.15) is 5.10 Å². The minimum atomic E-state index is -0.986. The third kappa shape index (κ3) is 5.34. The molecule has 1 amide bonds. The van der Waals surface area contributed by atoms with Gasteiger partial charge < -0.3 is 20.3 Å². The molecule has 0 aliphatic rings. The number of hydrazone groups is 1. The molecule has 2 aromatic carbocycles. The van der Waals surface area contributed by atoms with Crippen molar-refractivity contribution in [3.05, 3.63) is 51.1 Å². The molecule has 0 saturated heterocycles. The summed E-state index contributed by atoms with van der Waals surface area (Å²) in [6.07, 6.45) is 1.58. The van der Waals surface area contributed by atoms with Crippen LogP contribution in [0.2, 0.25) is 0 Å². The van der Waals surface area contributed by atoms with Crippen molar-refractivity contribution in [2.45, 2.75) is 0 Å². The fraction of sp³-hybridized carbons (Fsp3) is 0.118. The Kier molecular flexibility index (Phi) is 6.78. The smallest absolute Gasteiger partial charge is 0.335 e. The first-order valence-corrected chi connectivity index (χ1v) is 8.39. The van der Waals surface area contributed by atoms with Gasteiger partial charge in [-0.05, 0) is 64.6 Å². The number of nitrogens with one attached hydrogen (secondary N) is 1. The third-order valence-corrected chi connectivity index (χ3v) is 3.95. The Labute approximate surface area is 163 Å². The number of primary amides is 1. The number of aromatic carboxylic acids is 1. The first-order valence-electron chi connectivity index (χ1n) is 7.31. The number of nitrogens with zero attached hydrogens (tertiary/aromatic N) is 1. The van der Waals surface area contributed by atoms with Gasteiger partial charge in [-0.15, -0.1) is 0 Å². The van der Waals surface area contributed by atoms with E-state index in [1.54, 1.807) is 30.5 Å². The van der Waals surface area contributed by atoms with Crippen LogP contribution in [0.25, 0.3) is 0 Å². The van der Waals surface area contributed by atoms with E-state index < -0.39 is 11.9 Å². The Hall–Kier alpha value is -2.82. The number of methoxy groups -OCH3 is 1. The maximum atomic E-state index is 10.9. The number of carbonyl (C=O) groups is 2. The topological polar surface area (TPSA) is 123 Å². The molecular weight excluding hydrogens is 453 g/mol. The number of hydrogen-bond donors (Lipinski definition) is 3. The van der Waals surface area contributed by atoms with E-state index in [4.69, 9.17) is 20.3 Å². The quantitative estimate of drug-likeness (QED) is 0.310. The largest absolute Gasteiger partial charge is 0.493 e. The van der Waals surface area contributed by atoms with E-state index >= 15 is 0 Å². The molecule has 0 aromatic heterocycles. The second kappa shape index (κ2) is 9.04. The van der Waals surface area contributed by atoms with E-state index in [1.807, 2.05) is 0 Å². The highest BCUT2D eigenvalue weighted by Gasteiger charge is 2.12. The van der Waals surface area contributed by atoms with Crippen LogP contribution in [0.4, 0.5) is 5.69 Å². The molecule has 0 aliphatic carbocycles. The highest BCUT2D eigenvalue weighted by molar-refractivity contribution is 14.1. The van der Waals surface area contributed by atoms with E-state index in [0.717, 1.165) is 9.13 Å². The third-order valence-electron chi connectivity index (χ3n) is 3.15. The van der Waals surface area contributed by atoms with Crippen molar-refractivity contribution in [1.29, 1.82) is 0 Å². The highest BCUT2D eigenvalue weighted by Crippen LogP contribution is 2.33. The monoisotopic (exact) mass is 469 g/mol. The number of benzene rings is 2. The molecule has 9 heteroatoms. The Morgan fingerprint density at radius 1 is 1.31 bits per heavy atom. The zero-order valence-corrected chi connectivity index (χ0v) is 15.9. The summed E-state index contributed by atoms with van der Waals surface area (Å²) < 4.78 is 11.4. The summed E-state index contributed by atoms with van der Waals surface area (Å²) in [5.74, 6) is -0.682. The van der Waals surface area contributed by atoms with Crippen molar-refractivity contribution in [1.82, 2.24) is 0 Å². The summed E-state index contributed by atoms with van der Waals surface area (Å²) in [5, 5.41) is 13.0. The Morgan fingerprint density at radius 2 is 2.00 bits per heavy atom. The minimum absolute atomic E-state index is 0.199. The molecule has 0 heterocycles. The van der Waals surface area contributed by atoms with E-state index in [9.17, 15) is 9.59 Å². The summed E-state index contributed by atoms with van der Waals surface area (Å²) in [4.78, 5) is 21.7. The minimum Gasteiger partial charge on any atom is -0.493 e. The van der Waals surface area contributed by atoms with Crippen LogP contribution in [0.3, 0.4) is 0 Å². The van der Waals surface area contributed by atoms with Crippen molar-refractivity contribution in [2.24, 2.45) is 10.8 Å². The number of amides is 1. The number of rotatable bonds is 8. The molecule has 0 atom stereocenters. The molecule has 0 bridgehead atoms. The van der Waals surface area contributed by atoms with E-state index in [2.05, 4.69) is 33.1 Å². The predicted octanol–water partition coefficient (Wildman–Crippen LogP) is 2.31. The van der Waals surface area contributed by atoms with Crippen LogP contribution in [-0.4, -0.2) is 36.9 Å². The molecule has 0 aliphatic heterocycles. The van der Waals surface area contributed by atoms with Gasteiger partial charge in [0.05, 0.1) is 28.1 Å². The predicted molar refractivity (Wildman–Crippen MR) is 105 cm³/mol. The zero-order chi connectivity index (χ0) is 19.1. The lowest BCUT2D eigenvalue weighted by atomic mass is 10.2. The fourth-order valence-electron chi connectivity index (χ4n) is 1.97. The summed E-state index contributed by atoms with van der Waals surface area (Å²) in [7, 11) is 1.49.